The smallest absolute Gasteiger partial charge is 0.130 e. The van der Waals surface area contributed by atoms with Crippen LogP contribution in [0.3, 0.4) is 0 Å². The monoisotopic (exact) mass is 483 g/mol. The van der Waals surface area contributed by atoms with Crippen LogP contribution in [0.4, 0.5) is 0 Å². The van der Waals surface area contributed by atoms with E-state index in [1.54, 1.807) is 12.4 Å². The summed E-state index contributed by atoms with van der Waals surface area (Å²) in [5.74, 6) is 1.66. The number of benzene rings is 2. The maximum Gasteiger partial charge on any atom is 0.130 e. The van der Waals surface area contributed by atoms with Gasteiger partial charge < -0.3 is 15.5 Å². The molecule has 0 amide bonds. The van der Waals surface area contributed by atoms with Crippen LogP contribution in [0.15, 0.2) is 78.0 Å². The van der Waals surface area contributed by atoms with Crippen molar-refractivity contribution in [3.63, 3.8) is 0 Å². The minimum absolute atomic E-state index is 0.0197. The Morgan fingerprint density at radius 1 is 1.11 bits per heavy atom. The third kappa shape index (κ3) is 7.01. The van der Waals surface area contributed by atoms with Gasteiger partial charge in [0, 0.05) is 24.2 Å². The van der Waals surface area contributed by atoms with E-state index in [0.29, 0.717) is 18.2 Å². The fraction of sp³-hybridized carbons (Fsp3) is 0.367. The number of nitrogens with zero attached hydrogens (tertiary/aromatic N) is 2. The van der Waals surface area contributed by atoms with Crippen LogP contribution in [0.5, 0.6) is 5.75 Å². The Balaban J connectivity index is 1.40. The second-order valence-corrected chi connectivity index (χ2v) is 10.5. The first-order valence-corrected chi connectivity index (χ1v) is 12.7. The van der Waals surface area contributed by atoms with Crippen LogP contribution in [0, 0.1) is 16.7 Å². The van der Waals surface area contributed by atoms with Crippen molar-refractivity contribution in [2.45, 2.75) is 39.7 Å². The van der Waals surface area contributed by atoms with E-state index < -0.39 is 0 Å². The van der Waals surface area contributed by atoms with Gasteiger partial charge in [0.15, 0.2) is 0 Å². The van der Waals surface area contributed by atoms with Gasteiger partial charge in [0.2, 0.25) is 0 Å². The molecule has 2 heterocycles. The summed E-state index contributed by atoms with van der Waals surface area (Å²) in [4.78, 5) is 4.31. The highest BCUT2D eigenvalue weighted by Gasteiger charge is 2.28. The number of rotatable bonds is 10. The molecule has 0 bridgehead atoms. The van der Waals surface area contributed by atoms with Crippen molar-refractivity contribution < 1.29 is 4.74 Å². The first kappa shape index (κ1) is 25.6. The van der Waals surface area contributed by atoms with Crippen molar-refractivity contribution in [1.29, 1.82) is 5.41 Å². The van der Waals surface area contributed by atoms with Gasteiger partial charge in [-0.1, -0.05) is 63.2 Å². The Morgan fingerprint density at radius 3 is 2.44 bits per heavy atom. The molecular formula is C30H37N5O. The molecule has 188 valence electrons. The molecule has 0 saturated carbocycles. The summed E-state index contributed by atoms with van der Waals surface area (Å²) in [5.41, 5.74) is 7.75. The van der Waals surface area contributed by atoms with Crippen molar-refractivity contribution in [3.05, 3.63) is 95.3 Å². The van der Waals surface area contributed by atoms with Gasteiger partial charge in [0.25, 0.3) is 0 Å². The second kappa shape index (κ2) is 12.0. The summed E-state index contributed by atoms with van der Waals surface area (Å²) in [7, 11) is 0. The molecule has 0 aliphatic carbocycles. The predicted molar refractivity (Wildman–Crippen MR) is 147 cm³/mol. The van der Waals surface area contributed by atoms with Crippen LogP contribution in [-0.2, 0) is 6.61 Å². The van der Waals surface area contributed by atoms with E-state index in [1.165, 1.54) is 17.5 Å². The molecule has 1 aliphatic rings. The Labute approximate surface area is 214 Å². The van der Waals surface area contributed by atoms with Crippen LogP contribution >= 0.6 is 0 Å². The standard InChI is InChI=1S/C30H37N5O/c1-30(2,3)29(25-11-13-27(14-12-25)36-21-26-6-4-5-16-33-26)24-9-7-23(8-10-24)28(31)20-35-34-19-22-15-17-32-18-22/h4-14,16,20,22,29,31-32,34H,15,17-19,21H2,1-3H3/b31-28?,35-20-/t22-,29?/m1/s1. The van der Waals surface area contributed by atoms with Gasteiger partial charge in [-0.15, -0.1) is 0 Å². The van der Waals surface area contributed by atoms with Crippen molar-refractivity contribution in [1.82, 2.24) is 15.7 Å². The normalized spacial score (nSPS) is 16.7. The van der Waals surface area contributed by atoms with Crippen molar-refractivity contribution >= 4 is 11.9 Å². The summed E-state index contributed by atoms with van der Waals surface area (Å²) in [5, 5.41) is 16.0. The number of hydrazone groups is 1. The molecule has 2 atom stereocenters. The quantitative estimate of drug-likeness (QED) is 0.267. The van der Waals surface area contributed by atoms with E-state index >= 15 is 0 Å². The molecular weight excluding hydrogens is 446 g/mol. The Kier molecular flexibility index (Phi) is 8.49. The third-order valence-electron chi connectivity index (χ3n) is 6.57. The van der Waals surface area contributed by atoms with Crippen LogP contribution in [0.1, 0.15) is 55.5 Å². The molecule has 0 radical (unpaired) electrons. The van der Waals surface area contributed by atoms with Gasteiger partial charge in [0.1, 0.15) is 12.4 Å². The highest BCUT2D eigenvalue weighted by atomic mass is 16.5. The fourth-order valence-electron chi connectivity index (χ4n) is 4.70. The summed E-state index contributed by atoms with van der Waals surface area (Å²) < 4.78 is 5.92. The van der Waals surface area contributed by atoms with Gasteiger partial charge >= 0.3 is 0 Å². The minimum atomic E-state index is 0.0197. The summed E-state index contributed by atoms with van der Waals surface area (Å²) in [6.45, 7) is 10.2. The van der Waals surface area contributed by atoms with E-state index in [0.717, 1.165) is 36.6 Å². The maximum atomic E-state index is 8.39. The lowest BCUT2D eigenvalue weighted by atomic mass is 9.72. The van der Waals surface area contributed by atoms with E-state index in [1.807, 2.05) is 42.5 Å². The molecule has 2 aromatic carbocycles. The molecule has 3 N–H and O–H groups in total. The molecule has 1 fully saturated rings. The van der Waals surface area contributed by atoms with Gasteiger partial charge in [-0.05, 0) is 66.2 Å². The van der Waals surface area contributed by atoms with Crippen molar-refractivity contribution in [2.24, 2.45) is 16.4 Å². The number of nitrogens with one attached hydrogen (secondary N) is 3. The predicted octanol–water partition coefficient (Wildman–Crippen LogP) is 5.39. The third-order valence-corrected chi connectivity index (χ3v) is 6.57. The SMILES string of the molecule is CC(C)(C)C(c1ccc(OCc2ccccn2)cc1)c1ccc(C(=N)/C=N\NC[C@@H]2CCNC2)cc1. The zero-order valence-electron chi connectivity index (χ0n) is 21.5. The molecule has 1 saturated heterocycles. The number of pyridine rings is 1. The molecule has 6 nitrogen and oxygen atoms in total. The fourth-order valence-corrected chi connectivity index (χ4v) is 4.70. The zero-order chi connectivity index (χ0) is 25.4. The average Bonchev–Trinajstić information content (AvgIpc) is 3.40. The van der Waals surface area contributed by atoms with E-state index in [4.69, 9.17) is 10.1 Å². The topological polar surface area (TPSA) is 82.4 Å². The molecule has 1 unspecified atom stereocenters. The van der Waals surface area contributed by atoms with Crippen LogP contribution in [-0.4, -0.2) is 36.5 Å². The first-order chi connectivity index (χ1) is 17.4. The van der Waals surface area contributed by atoms with Crippen molar-refractivity contribution in [3.8, 4) is 5.75 Å². The zero-order valence-corrected chi connectivity index (χ0v) is 21.5. The lowest BCUT2D eigenvalue weighted by molar-refractivity contribution is 0.301. The average molecular weight is 484 g/mol. The lowest BCUT2D eigenvalue weighted by Gasteiger charge is -2.32. The molecule has 0 spiro atoms. The summed E-state index contributed by atoms with van der Waals surface area (Å²) in [6.07, 6.45) is 4.56. The molecule has 1 aromatic heterocycles. The molecule has 6 heteroatoms. The molecule has 1 aliphatic heterocycles. The Bertz CT molecular complexity index is 1130. The maximum absolute atomic E-state index is 8.39. The largest absolute Gasteiger partial charge is 0.487 e. The number of hydrogen-bond donors (Lipinski definition) is 3. The van der Waals surface area contributed by atoms with Crippen LogP contribution in [0.25, 0.3) is 0 Å². The lowest BCUT2D eigenvalue weighted by Crippen LogP contribution is -2.21. The number of aromatic nitrogens is 1. The van der Waals surface area contributed by atoms with E-state index in [9.17, 15) is 0 Å². The summed E-state index contributed by atoms with van der Waals surface area (Å²) >= 11 is 0. The Hall–Kier alpha value is -3.51. The van der Waals surface area contributed by atoms with Gasteiger partial charge in [0.05, 0.1) is 17.6 Å². The minimum Gasteiger partial charge on any atom is -0.487 e. The van der Waals surface area contributed by atoms with E-state index in [2.05, 4.69) is 65.9 Å². The highest BCUT2D eigenvalue weighted by Crippen LogP contribution is 2.41. The highest BCUT2D eigenvalue weighted by molar-refractivity contribution is 6.36. The number of ether oxygens (including phenoxy) is 1. The molecule has 4 rings (SSSR count). The van der Waals surface area contributed by atoms with E-state index in [-0.39, 0.29) is 11.3 Å². The van der Waals surface area contributed by atoms with Crippen molar-refractivity contribution in [2.75, 3.05) is 19.6 Å². The van der Waals surface area contributed by atoms with Crippen LogP contribution < -0.4 is 15.5 Å². The van der Waals surface area contributed by atoms with Gasteiger partial charge in [-0.3, -0.25) is 10.4 Å². The first-order valence-electron chi connectivity index (χ1n) is 12.7. The number of hydrogen-bond acceptors (Lipinski definition) is 6. The molecule has 3 aromatic rings. The van der Waals surface area contributed by atoms with Crippen LogP contribution in [0.2, 0.25) is 0 Å². The van der Waals surface area contributed by atoms with Gasteiger partial charge in [-0.25, -0.2) is 0 Å². The van der Waals surface area contributed by atoms with Gasteiger partial charge in [-0.2, -0.15) is 5.10 Å². The molecule has 36 heavy (non-hydrogen) atoms. The second-order valence-electron chi connectivity index (χ2n) is 10.5. The Morgan fingerprint density at radius 2 is 1.83 bits per heavy atom. The summed E-state index contributed by atoms with van der Waals surface area (Å²) in [6, 6.07) is 22.5.